The first-order valence-electron chi connectivity index (χ1n) is 8.17. The van der Waals surface area contributed by atoms with E-state index in [1.807, 2.05) is 0 Å². The molecule has 0 aromatic rings. The average molecular weight is 366 g/mol. The zero-order valence-electron chi connectivity index (χ0n) is 14.5. The summed E-state index contributed by atoms with van der Waals surface area (Å²) >= 11 is 0. The lowest BCUT2D eigenvalue weighted by Gasteiger charge is -2.41. The van der Waals surface area contributed by atoms with Crippen LogP contribution in [0.1, 0.15) is 26.7 Å². The van der Waals surface area contributed by atoms with Crippen molar-refractivity contribution in [2.24, 2.45) is 0 Å². The summed E-state index contributed by atoms with van der Waals surface area (Å²) in [5.41, 5.74) is -0.893. The minimum Gasteiger partial charge on any atom is -0.394 e. The molecule has 1 rings (SSSR count). The summed E-state index contributed by atoms with van der Waals surface area (Å²) in [5, 5.41) is 67.6. The van der Waals surface area contributed by atoms with Crippen LogP contribution in [0.25, 0.3) is 0 Å². The molecule has 7 N–H and O–H groups in total. The molecule has 0 aromatic carbocycles. The molecule has 1 heterocycles. The fourth-order valence-electron chi connectivity index (χ4n) is 2.45. The van der Waals surface area contributed by atoms with E-state index < -0.39 is 61.7 Å². The van der Waals surface area contributed by atoms with Gasteiger partial charge in [0.1, 0.15) is 30.5 Å². The molecule has 1 saturated heterocycles. The molecule has 148 valence electrons. The van der Waals surface area contributed by atoms with Gasteiger partial charge in [-0.1, -0.05) is 6.58 Å². The first kappa shape index (κ1) is 22.4. The summed E-state index contributed by atoms with van der Waals surface area (Å²) < 4.78 is 10.7. The van der Waals surface area contributed by atoms with Crippen LogP contribution in [0.4, 0.5) is 0 Å². The number of hydrogen-bond acceptors (Lipinski definition) is 9. The molecule has 7 unspecified atom stereocenters. The van der Waals surface area contributed by atoms with E-state index in [2.05, 4.69) is 6.58 Å². The zero-order chi connectivity index (χ0) is 19.4. The molecule has 0 saturated carbocycles. The lowest BCUT2D eigenvalue weighted by Crippen LogP contribution is -2.59. The van der Waals surface area contributed by atoms with Crippen LogP contribution in [-0.4, -0.2) is 97.5 Å². The van der Waals surface area contributed by atoms with E-state index in [1.165, 1.54) is 13.8 Å². The maximum atomic E-state index is 9.95. The molecule has 1 aliphatic heterocycles. The van der Waals surface area contributed by atoms with E-state index in [-0.39, 0.29) is 12.8 Å². The van der Waals surface area contributed by atoms with Crippen LogP contribution in [0, 0.1) is 0 Å². The molecule has 0 aromatic heterocycles. The maximum absolute atomic E-state index is 9.95. The number of ether oxygens (including phenoxy) is 2. The second-order valence-corrected chi connectivity index (χ2v) is 6.87. The third-order valence-corrected chi connectivity index (χ3v) is 4.32. The van der Waals surface area contributed by atoms with Gasteiger partial charge in [-0.3, -0.25) is 0 Å². The minimum absolute atomic E-state index is 0.177. The summed E-state index contributed by atoms with van der Waals surface area (Å²) in [6.07, 6.45) is -8.73. The number of aliphatic hydroxyl groups excluding tert-OH is 6. The number of hydrogen-bond donors (Lipinski definition) is 7. The predicted molar refractivity (Wildman–Crippen MR) is 86.4 cm³/mol. The van der Waals surface area contributed by atoms with Crippen LogP contribution in [0.5, 0.6) is 0 Å². The highest BCUT2D eigenvalue weighted by Crippen LogP contribution is 2.25. The fourth-order valence-corrected chi connectivity index (χ4v) is 2.45. The van der Waals surface area contributed by atoms with Gasteiger partial charge in [-0.25, -0.2) is 0 Å². The molecule has 1 aliphatic rings. The molecule has 0 bridgehead atoms. The Kier molecular flexibility index (Phi) is 8.39. The van der Waals surface area contributed by atoms with Gasteiger partial charge >= 0.3 is 0 Å². The van der Waals surface area contributed by atoms with Gasteiger partial charge in [0.25, 0.3) is 0 Å². The highest BCUT2D eigenvalue weighted by molar-refractivity contribution is 5.04. The highest BCUT2D eigenvalue weighted by atomic mass is 16.7. The van der Waals surface area contributed by atoms with Gasteiger partial charge in [0.15, 0.2) is 6.29 Å². The van der Waals surface area contributed by atoms with E-state index >= 15 is 0 Å². The summed E-state index contributed by atoms with van der Waals surface area (Å²) in [6.45, 7) is 5.62. The van der Waals surface area contributed by atoms with E-state index in [1.54, 1.807) is 0 Å². The van der Waals surface area contributed by atoms with E-state index in [0.29, 0.717) is 5.57 Å². The van der Waals surface area contributed by atoms with Crippen molar-refractivity contribution in [3.05, 3.63) is 12.2 Å². The first-order valence-corrected chi connectivity index (χ1v) is 8.17. The van der Waals surface area contributed by atoms with Gasteiger partial charge in [0, 0.05) is 0 Å². The van der Waals surface area contributed by atoms with Gasteiger partial charge < -0.3 is 45.2 Å². The third kappa shape index (κ3) is 5.95. The fraction of sp³-hybridized carbons (Fsp3) is 0.875. The Morgan fingerprint density at radius 3 is 2.24 bits per heavy atom. The average Bonchev–Trinajstić information content (AvgIpc) is 2.55. The third-order valence-electron chi connectivity index (χ3n) is 4.32. The Balaban J connectivity index is 2.66. The topological polar surface area (TPSA) is 160 Å². The number of aliphatic hydroxyl groups is 7. The SMILES string of the molecule is C=C(CCC(O)C(C)(C)O)C(CO)OC1OC(CO)C(O)C(O)C1O. The van der Waals surface area contributed by atoms with E-state index in [9.17, 15) is 30.6 Å². The summed E-state index contributed by atoms with van der Waals surface area (Å²) in [6, 6.07) is 0. The summed E-state index contributed by atoms with van der Waals surface area (Å²) in [5.74, 6) is 0. The minimum atomic E-state index is -1.58. The second-order valence-electron chi connectivity index (χ2n) is 6.87. The van der Waals surface area contributed by atoms with Crippen molar-refractivity contribution in [3.63, 3.8) is 0 Å². The highest BCUT2D eigenvalue weighted by Gasteiger charge is 2.45. The van der Waals surface area contributed by atoms with Crippen LogP contribution in [0.15, 0.2) is 12.2 Å². The Hall–Kier alpha value is -0.620. The molecule has 0 radical (unpaired) electrons. The molecule has 9 nitrogen and oxygen atoms in total. The molecular weight excluding hydrogens is 336 g/mol. The standard InChI is InChI=1S/C16H30O9/c1-8(4-5-11(19)16(2,3)23)9(6-17)24-15-14(22)13(21)12(20)10(7-18)25-15/h9-15,17-23H,1,4-7H2,2-3H3. The van der Waals surface area contributed by atoms with E-state index in [4.69, 9.17) is 14.6 Å². The maximum Gasteiger partial charge on any atom is 0.187 e. The first-order chi connectivity index (χ1) is 11.5. The predicted octanol–water partition coefficient (Wildman–Crippen LogP) is -2.37. The molecule has 1 fully saturated rings. The van der Waals surface area contributed by atoms with Gasteiger partial charge in [-0.05, 0) is 32.3 Å². The monoisotopic (exact) mass is 366 g/mol. The lowest BCUT2D eigenvalue weighted by atomic mass is 9.94. The van der Waals surface area contributed by atoms with Crippen molar-refractivity contribution < 1.29 is 45.2 Å². The number of rotatable bonds is 9. The molecule has 7 atom stereocenters. The van der Waals surface area contributed by atoms with Crippen LogP contribution in [-0.2, 0) is 9.47 Å². The molecule has 0 spiro atoms. The Morgan fingerprint density at radius 1 is 1.16 bits per heavy atom. The zero-order valence-corrected chi connectivity index (χ0v) is 14.5. The Labute approximate surface area is 146 Å². The van der Waals surface area contributed by atoms with Crippen LogP contribution < -0.4 is 0 Å². The van der Waals surface area contributed by atoms with Crippen molar-refractivity contribution >= 4 is 0 Å². The molecule has 0 aliphatic carbocycles. The summed E-state index contributed by atoms with van der Waals surface area (Å²) in [7, 11) is 0. The van der Waals surface area contributed by atoms with Crippen molar-refractivity contribution in [1.29, 1.82) is 0 Å². The molecule has 25 heavy (non-hydrogen) atoms. The quantitative estimate of drug-likeness (QED) is 0.221. The normalized spacial score (nSPS) is 33.1. The largest absolute Gasteiger partial charge is 0.394 e. The van der Waals surface area contributed by atoms with Crippen molar-refractivity contribution in [1.82, 2.24) is 0 Å². The Bertz CT molecular complexity index is 420. The van der Waals surface area contributed by atoms with Gasteiger partial charge in [-0.15, -0.1) is 0 Å². The van der Waals surface area contributed by atoms with Crippen molar-refractivity contribution in [3.8, 4) is 0 Å². The van der Waals surface area contributed by atoms with Crippen molar-refractivity contribution in [2.75, 3.05) is 13.2 Å². The van der Waals surface area contributed by atoms with Crippen LogP contribution in [0.3, 0.4) is 0 Å². The molecule has 0 amide bonds. The summed E-state index contributed by atoms with van der Waals surface area (Å²) in [4.78, 5) is 0. The van der Waals surface area contributed by atoms with Crippen LogP contribution >= 0.6 is 0 Å². The second kappa shape index (κ2) is 9.36. The molecular formula is C16H30O9. The molecule has 9 heteroatoms. The lowest BCUT2D eigenvalue weighted by molar-refractivity contribution is -0.310. The Morgan fingerprint density at radius 2 is 1.76 bits per heavy atom. The van der Waals surface area contributed by atoms with Crippen molar-refractivity contribution in [2.45, 2.75) is 75.2 Å². The van der Waals surface area contributed by atoms with E-state index in [0.717, 1.165) is 0 Å². The van der Waals surface area contributed by atoms with Crippen LogP contribution in [0.2, 0.25) is 0 Å². The smallest absolute Gasteiger partial charge is 0.187 e. The van der Waals surface area contributed by atoms with Gasteiger partial charge in [0.2, 0.25) is 0 Å². The van der Waals surface area contributed by atoms with Gasteiger partial charge in [-0.2, -0.15) is 0 Å². The van der Waals surface area contributed by atoms with Gasteiger partial charge in [0.05, 0.1) is 24.9 Å².